The number of fused-ring (bicyclic) bond motifs is 1. The van der Waals surface area contributed by atoms with E-state index in [9.17, 15) is 4.79 Å². The molecule has 0 aliphatic heterocycles. The van der Waals surface area contributed by atoms with Crippen molar-refractivity contribution in [2.45, 2.75) is 18.8 Å². The lowest BCUT2D eigenvalue weighted by molar-refractivity contribution is 0.102. The van der Waals surface area contributed by atoms with Crippen molar-refractivity contribution in [3.05, 3.63) is 41.9 Å². The Kier molecular flexibility index (Phi) is 2.35. The van der Waals surface area contributed by atoms with Gasteiger partial charge in [0.2, 0.25) is 5.89 Å². The van der Waals surface area contributed by atoms with Gasteiger partial charge in [-0.15, -0.1) is 5.10 Å². The Hall–Kier alpha value is -2.63. The maximum absolute atomic E-state index is 12.1. The molecule has 0 bridgehead atoms. The summed E-state index contributed by atoms with van der Waals surface area (Å²) in [5.74, 6) is 0.699. The third kappa shape index (κ3) is 1.95. The predicted octanol–water partition coefficient (Wildman–Crippen LogP) is 2.68. The van der Waals surface area contributed by atoms with Gasteiger partial charge in [-0.1, -0.05) is 23.3 Å². The Morgan fingerprint density at radius 3 is 2.95 bits per heavy atom. The number of amides is 1. The molecule has 100 valence electrons. The predicted molar refractivity (Wildman–Crippen MR) is 72.5 cm³/mol. The van der Waals surface area contributed by atoms with Crippen LogP contribution in [0.25, 0.3) is 10.9 Å². The fraction of sp³-hybridized carbons (Fsp3) is 0.214. The number of aromatic amines is 1. The van der Waals surface area contributed by atoms with Crippen LogP contribution in [0.15, 0.2) is 34.7 Å². The zero-order chi connectivity index (χ0) is 13.5. The molecule has 3 aromatic rings. The van der Waals surface area contributed by atoms with Crippen molar-refractivity contribution >= 4 is 22.8 Å². The van der Waals surface area contributed by atoms with Crippen LogP contribution in [0.4, 0.5) is 6.01 Å². The summed E-state index contributed by atoms with van der Waals surface area (Å²) in [5, 5.41) is 11.4. The third-order valence-corrected chi connectivity index (χ3v) is 3.36. The summed E-state index contributed by atoms with van der Waals surface area (Å²) >= 11 is 0. The first kappa shape index (κ1) is 11.2. The van der Waals surface area contributed by atoms with Gasteiger partial charge in [-0.05, 0) is 25.0 Å². The summed E-state index contributed by atoms with van der Waals surface area (Å²) < 4.78 is 5.41. The Labute approximate surface area is 114 Å². The minimum atomic E-state index is -0.285. The average Bonchev–Trinajstić information content (AvgIpc) is 3.04. The minimum Gasteiger partial charge on any atom is -0.408 e. The average molecular weight is 268 g/mol. The van der Waals surface area contributed by atoms with Gasteiger partial charge in [-0.25, -0.2) is 0 Å². The van der Waals surface area contributed by atoms with Gasteiger partial charge in [0, 0.05) is 16.8 Å². The standard InChI is InChI=1S/C14H12N4O2/c19-12(11-7-9-3-1-2-4-10(9)15-11)16-14-18-17-13(20-14)8-5-6-8/h1-4,7-8,15H,5-6H2,(H,16,18,19). The van der Waals surface area contributed by atoms with E-state index in [1.807, 2.05) is 24.3 Å². The Morgan fingerprint density at radius 2 is 2.15 bits per heavy atom. The largest absolute Gasteiger partial charge is 0.408 e. The van der Waals surface area contributed by atoms with E-state index < -0.39 is 0 Å². The molecule has 1 fully saturated rings. The number of hydrogen-bond acceptors (Lipinski definition) is 4. The molecular weight excluding hydrogens is 256 g/mol. The topological polar surface area (TPSA) is 83.8 Å². The number of nitrogens with one attached hydrogen (secondary N) is 2. The van der Waals surface area contributed by atoms with Crippen LogP contribution in [-0.4, -0.2) is 21.1 Å². The van der Waals surface area contributed by atoms with E-state index in [4.69, 9.17) is 4.42 Å². The fourth-order valence-corrected chi connectivity index (χ4v) is 2.14. The van der Waals surface area contributed by atoms with Gasteiger partial charge in [0.25, 0.3) is 5.91 Å². The van der Waals surface area contributed by atoms with Crippen molar-refractivity contribution in [2.24, 2.45) is 0 Å². The number of aromatic nitrogens is 3. The van der Waals surface area contributed by atoms with Crippen molar-refractivity contribution in [1.29, 1.82) is 0 Å². The van der Waals surface area contributed by atoms with Gasteiger partial charge in [0.1, 0.15) is 5.69 Å². The molecule has 2 heterocycles. The van der Waals surface area contributed by atoms with Gasteiger partial charge < -0.3 is 9.40 Å². The smallest absolute Gasteiger partial charge is 0.322 e. The maximum atomic E-state index is 12.1. The van der Waals surface area contributed by atoms with E-state index in [1.54, 1.807) is 6.07 Å². The lowest BCUT2D eigenvalue weighted by atomic mass is 10.2. The van der Waals surface area contributed by atoms with E-state index in [1.165, 1.54) is 0 Å². The molecule has 0 saturated heterocycles. The molecule has 0 atom stereocenters. The fourth-order valence-electron chi connectivity index (χ4n) is 2.14. The molecule has 6 heteroatoms. The minimum absolute atomic E-state index is 0.149. The first-order valence-corrected chi connectivity index (χ1v) is 6.52. The number of carbonyl (C=O) groups is 1. The lowest BCUT2D eigenvalue weighted by Crippen LogP contribution is -2.12. The zero-order valence-corrected chi connectivity index (χ0v) is 10.6. The van der Waals surface area contributed by atoms with Crippen LogP contribution in [0.1, 0.15) is 35.1 Å². The highest BCUT2D eigenvalue weighted by Gasteiger charge is 2.29. The molecule has 1 amide bonds. The van der Waals surface area contributed by atoms with Crippen LogP contribution in [-0.2, 0) is 0 Å². The molecule has 1 aliphatic rings. The van der Waals surface area contributed by atoms with Crippen molar-refractivity contribution < 1.29 is 9.21 Å². The molecule has 1 aromatic carbocycles. The van der Waals surface area contributed by atoms with E-state index in [0.29, 0.717) is 17.5 Å². The highest BCUT2D eigenvalue weighted by atomic mass is 16.4. The van der Waals surface area contributed by atoms with Gasteiger partial charge in [0.15, 0.2) is 0 Å². The second kappa shape index (κ2) is 4.19. The second-order valence-electron chi connectivity index (χ2n) is 4.94. The van der Waals surface area contributed by atoms with Crippen molar-refractivity contribution in [3.63, 3.8) is 0 Å². The Balaban J connectivity index is 1.56. The van der Waals surface area contributed by atoms with Crippen LogP contribution in [0.3, 0.4) is 0 Å². The summed E-state index contributed by atoms with van der Waals surface area (Å²) in [7, 11) is 0. The molecule has 2 N–H and O–H groups in total. The molecule has 1 aliphatic carbocycles. The van der Waals surface area contributed by atoms with Gasteiger partial charge >= 0.3 is 6.01 Å². The van der Waals surface area contributed by atoms with Gasteiger partial charge in [0.05, 0.1) is 0 Å². The van der Waals surface area contributed by atoms with Gasteiger partial charge in [-0.3, -0.25) is 10.1 Å². The quantitative estimate of drug-likeness (QED) is 0.764. The number of carbonyl (C=O) groups excluding carboxylic acids is 1. The summed E-state index contributed by atoms with van der Waals surface area (Å²) in [4.78, 5) is 15.2. The summed E-state index contributed by atoms with van der Waals surface area (Å²) in [5.41, 5.74) is 1.39. The number of hydrogen-bond donors (Lipinski definition) is 2. The van der Waals surface area contributed by atoms with Crippen LogP contribution in [0.5, 0.6) is 0 Å². The van der Waals surface area contributed by atoms with E-state index >= 15 is 0 Å². The van der Waals surface area contributed by atoms with E-state index in [0.717, 1.165) is 23.7 Å². The summed E-state index contributed by atoms with van der Waals surface area (Å²) in [6.45, 7) is 0. The van der Waals surface area contributed by atoms with E-state index in [-0.39, 0.29) is 11.9 Å². The molecule has 0 unspecified atom stereocenters. The number of anilines is 1. The molecule has 2 aromatic heterocycles. The lowest BCUT2D eigenvalue weighted by Gasteiger charge is -1.96. The van der Waals surface area contributed by atoms with Crippen LogP contribution in [0, 0.1) is 0 Å². The number of benzene rings is 1. The number of rotatable bonds is 3. The van der Waals surface area contributed by atoms with E-state index in [2.05, 4.69) is 20.5 Å². The monoisotopic (exact) mass is 268 g/mol. The summed E-state index contributed by atoms with van der Waals surface area (Å²) in [6, 6.07) is 9.65. The van der Waals surface area contributed by atoms with Crippen molar-refractivity contribution in [3.8, 4) is 0 Å². The van der Waals surface area contributed by atoms with Gasteiger partial charge in [-0.2, -0.15) is 0 Å². The SMILES string of the molecule is O=C(Nc1nnc(C2CC2)o1)c1cc2ccccc2[nH]1. The first-order valence-electron chi connectivity index (χ1n) is 6.52. The molecule has 0 radical (unpaired) electrons. The molecule has 6 nitrogen and oxygen atoms in total. The number of para-hydroxylation sites is 1. The second-order valence-corrected chi connectivity index (χ2v) is 4.94. The number of nitrogens with zero attached hydrogens (tertiary/aromatic N) is 2. The van der Waals surface area contributed by atoms with Crippen molar-refractivity contribution in [1.82, 2.24) is 15.2 Å². The maximum Gasteiger partial charge on any atom is 0.322 e. The third-order valence-electron chi connectivity index (χ3n) is 3.36. The van der Waals surface area contributed by atoms with Crippen molar-refractivity contribution in [2.75, 3.05) is 5.32 Å². The van der Waals surface area contributed by atoms with Crippen LogP contribution < -0.4 is 5.32 Å². The first-order chi connectivity index (χ1) is 9.79. The summed E-state index contributed by atoms with van der Waals surface area (Å²) in [6.07, 6.45) is 2.16. The molecule has 0 spiro atoms. The normalized spacial score (nSPS) is 14.6. The Bertz CT molecular complexity index is 752. The molecule has 20 heavy (non-hydrogen) atoms. The highest BCUT2D eigenvalue weighted by molar-refractivity contribution is 6.04. The molecule has 4 rings (SSSR count). The van der Waals surface area contributed by atoms with Crippen LogP contribution in [0.2, 0.25) is 0 Å². The molecule has 1 saturated carbocycles. The number of H-pyrrole nitrogens is 1. The zero-order valence-electron chi connectivity index (χ0n) is 10.6. The van der Waals surface area contributed by atoms with Crippen LogP contribution >= 0.6 is 0 Å². The Morgan fingerprint density at radius 1 is 1.30 bits per heavy atom. The highest BCUT2D eigenvalue weighted by Crippen LogP contribution is 2.39. The molecular formula is C14H12N4O2.